The lowest BCUT2D eigenvalue weighted by molar-refractivity contribution is -0.144. The zero-order valence-corrected chi connectivity index (χ0v) is 20.2. The Balaban J connectivity index is 3.11. The molecule has 0 aliphatic heterocycles. The van der Waals surface area contributed by atoms with E-state index in [1.54, 1.807) is 0 Å². The van der Waals surface area contributed by atoms with Crippen LogP contribution in [0.1, 0.15) is 142 Å². The van der Waals surface area contributed by atoms with Crippen LogP contribution < -0.4 is 0 Å². The van der Waals surface area contributed by atoms with E-state index in [9.17, 15) is 9.59 Å². The van der Waals surface area contributed by atoms with E-state index in [2.05, 4.69) is 0 Å². The van der Waals surface area contributed by atoms with Gasteiger partial charge in [0, 0.05) is 12.8 Å². The molecule has 178 valence electrons. The molecule has 0 radical (unpaired) electrons. The minimum absolute atomic E-state index is 0.0266. The van der Waals surface area contributed by atoms with Gasteiger partial charge in [0.2, 0.25) is 0 Å². The number of unbranched alkanes of at least 4 members (excludes halogenated alkanes) is 15. The molecule has 0 saturated carbocycles. The zero-order valence-electron chi connectivity index (χ0n) is 20.2. The van der Waals surface area contributed by atoms with Gasteiger partial charge in [-0.15, -0.1) is 0 Å². The molecule has 0 aliphatic carbocycles. The molecule has 0 aliphatic rings. The van der Waals surface area contributed by atoms with Gasteiger partial charge in [-0.1, -0.05) is 104 Å². The number of esters is 2. The molecule has 0 N–H and O–H groups in total. The van der Waals surface area contributed by atoms with Crippen LogP contribution in [-0.2, 0) is 19.1 Å². The van der Waals surface area contributed by atoms with E-state index in [1.807, 2.05) is 13.8 Å². The first kappa shape index (κ1) is 28.9. The van der Waals surface area contributed by atoms with Gasteiger partial charge in [-0.3, -0.25) is 9.59 Å². The number of carbonyl (C=O) groups excluding carboxylic acids is 2. The highest BCUT2D eigenvalue weighted by Gasteiger charge is 2.02. The van der Waals surface area contributed by atoms with E-state index in [1.165, 1.54) is 77.0 Å². The molecule has 0 aromatic carbocycles. The summed E-state index contributed by atoms with van der Waals surface area (Å²) in [6, 6.07) is 0. The largest absolute Gasteiger partial charge is 0.466 e. The summed E-state index contributed by atoms with van der Waals surface area (Å²) >= 11 is 0. The molecular weight excluding hydrogens is 376 g/mol. The topological polar surface area (TPSA) is 52.6 Å². The molecule has 0 heterocycles. The summed E-state index contributed by atoms with van der Waals surface area (Å²) in [4.78, 5) is 22.8. The summed E-state index contributed by atoms with van der Waals surface area (Å²) in [6.07, 6.45) is 23.3. The zero-order chi connectivity index (χ0) is 22.1. The van der Waals surface area contributed by atoms with E-state index in [0.29, 0.717) is 26.1 Å². The standard InChI is InChI=1S/C26H50O4/c1-3-23-29-25(27)21-19-17-15-13-11-9-7-5-6-8-10-12-14-16-18-20-22-26(28)30-24-4-2/h3-24H2,1-2H3. The molecule has 0 saturated heterocycles. The van der Waals surface area contributed by atoms with Crippen molar-refractivity contribution < 1.29 is 19.1 Å². The quantitative estimate of drug-likeness (QED) is 0.123. The first-order valence-corrected chi connectivity index (χ1v) is 13.0. The molecule has 4 heteroatoms. The van der Waals surface area contributed by atoms with Crippen LogP contribution in [-0.4, -0.2) is 25.2 Å². The van der Waals surface area contributed by atoms with E-state index in [0.717, 1.165) is 38.5 Å². The smallest absolute Gasteiger partial charge is 0.305 e. The first-order chi connectivity index (χ1) is 14.7. The molecule has 0 aromatic rings. The van der Waals surface area contributed by atoms with Crippen molar-refractivity contribution in [3.8, 4) is 0 Å². The molecule has 0 fully saturated rings. The van der Waals surface area contributed by atoms with Crippen LogP contribution >= 0.6 is 0 Å². The third-order valence-corrected chi connectivity index (χ3v) is 5.45. The Bertz CT molecular complexity index is 345. The summed E-state index contributed by atoms with van der Waals surface area (Å²) in [6.45, 7) is 5.18. The molecule has 0 atom stereocenters. The van der Waals surface area contributed by atoms with E-state index >= 15 is 0 Å². The summed E-state index contributed by atoms with van der Waals surface area (Å²) in [7, 11) is 0. The van der Waals surface area contributed by atoms with Gasteiger partial charge in [-0.05, 0) is 25.7 Å². The van der Waals surface area contributed by atoms with Crippen LogP contribution in [0.3, 0.4) is 0 Å². The van der Waals surface area contributed by atoms with Gasteiger partial charge in [0.25, 0.3) is 0 Å². The Hall–Kier alpha value is -1.06. The van der Waals surface area contributed by atoms with Crippen molar-refractivity contribution in [2.45, 2.75) is 142 Å². The van der Waals surface area contributed by atoms with Gasteiger partial charge in [-0.25, -0.2) is 0 Å². The van der Waals surface area contributed by atoms with Gasteiger partial charge >= 0.3 is 11.9 Å². The van der Waals surface area contributed by atoms with Gasteiger partial charge in [0.15, 0.2) is 0 Å². The summed E-state index contributed by atoms with van der Waals surface area (Å²) in [5.41, 5.74) is 0. The minimum atomic E-state index is -0.0266. The number of rotatable bonds is 23. The number of carbonyl (C=O) groups is 2. The highest BCUT2D eigenvalue weighted by atomic mass is 16.5. The second-order valence-corrected chi connectivity index (χ2v) is 8.60. The Morgan fingerprint density at radius 3 is 0.900 bits per heavy atom. The number of hydrogen-bond acceptors (Lipinski definition) is 4. The molecule has 0 bridgehead atoms. The number of hydrogen-bond donors (Lipinski definition) is 0. The summed E-state index contributed by atoms with van der Waals surface area (Å²) < 4.78 is 10.2. The average Bonchev–Trinajstić information content (AvgIpc) is 2.75. The second kappa shape index (κ2) is 24.2. The van der Waals surface area contributed by atoms with Crippen LogP contribution in [0, 0.1) is 0 Å². The average molecular weight is 427 g/mol. The summed E-state index contributed by atoms with van der Waals surface area (Å²) in [5.74, 6) is -0.0532. The van der Waals surface area contributed by atoms with Crippen molar-refractivity contribution in [3.05, 3.63) is 0 Å². The van der Waals surface area contributed by atoms with Gasteiger partial charge in [-0.2, -0.15) is 0 Å². The molecule has 0 aromatic heterocycles. The van der Waals surface area contributed by atoms with Crippen LogP contribution in [0.5, 0.6) is 0 Å². The SMILES string of the molecule is CCCOC(=O)CCCCCCCCCCCCCCCCCCC(=O)OCCC. The Morgan fingerprint density at radius 2 is 0.667 bits per heavy atom. The van der Waals surface area contributed by atoms with Crippen LogP contribution in [0.4, 0.5) is 0 Å². The van der Waals surface area contributed by atoms with Crippen molar-refractivity contribution in [2.75, 3.05) is 13.2 Å². The molecule has 4 nitrogen and oxygen atoms in total. The fourth-order valence-corrected chi connectivity index (χ4v) is 3.59. The lowest BCUT2D eigenvalue weighted by Crippen LogP contribution is -2.04. The first-order valence-electron chi connectivity index (χ1n) is 13.0. The maximum atomic E-state index is 11.4. The van der Waals surface area contributed by atoms with E-state index in [-0.39, 0.29) is 11.9 Å². The second-order valence-electron chi connectivity index (χ2n) is 8.60. The van der Waals surface area contributed by atoms with Crippen molar-refractivity contribution >= 4 is 11.9 Å². The molecule has 0 rings (SSSR count). The maximum absolute atomic E-state index is 11.4. The number of ether oxygens (including phenoxy) is 2. The van der Waals surface area contributed by atoms with E-state index in [4.69, 9.17) is 9.47 Å². The Morgan fingerprint density at radius 1 is 0.433 bits per heavy atom. The monoisotopic (exact) mass is 426 g/mol. The third-order valence-electron chi connectivity index (χ3n) is 5.45. The summed E-state index contributed by atoms with van der Waals surface area (Å²) in [5, 5.41) is 0. The fraction of sp³-hybridized carbons (Fsp3) is 0.923. The normalized spacial score (nSPS) is 10.9. The lowest BCUT2D eigenvalue weighted by Gasteiger charge is -2.05. The maximum Gasteiger partial charge on any atom is 0.305 e. The van der Waals surface area contributed by atoms with Crippen molar-refractivity contribution in [2.24, 2.45) is 0 Å². The van der Waals surface area contributed by atoms with Crippen molar-refractivity contribution in [1.29, 1.82) is 0 Å². The Kier molecular flexibility index (Phi) is 23.4. The Labute approximate surface area is 186 Å². The molecule has 0 amide bonds. The van der Waals surface area contributed by atoms with Crippen LogP contribution in [0.25, 0.3) is 0 Å². The van der Waals surface area contributed by atoms with Gasteiger partial charge in [0.05, 0.1) is 13.2 Å². The highest BCUT2D eigenvalue weighted by Crippen LogP contribution is 2.14. The van der Waals surface area contributed by atoms with Crippen LogP contribution in [0.15, 0.2) is 0 Å². The predicted octanol–water partition coefficient (Wildman–Crippen LogP) is 7.91. The van der Waals surface area contributed by atoms with Crippen LogP contribution in [0.2, 0.25) is 0 Å². The molecule has 0 unspecified atom stereocenters. The molecular formula is C26H50O4. The lowest BCUT2D eigenvalue weighted by atomic mass is 10.0. The molecule has 0 spiro atoms. The minimum Gasteiger partial charge on any atom is -0.466 e. The predicted molar refractivity (Wildman–Crippen MR) is 126 cm³/mol. The fourth-order valence-electron chi connectivity index (χ4n) is 3.59. The van der Waals surface area contributed by atoms with E-state index < -0.39 is 0 Å². The molecule has 30 heavy (non-hydrogen) atoms. The van der Waals surface area contributed by atoms with Crippen molar-refractivity contribution in [3.63, 3.8) is 0 Å². The highest BCUT2D eigenvalue weighted by molar-refractivity contribution is 5.69. The third kappa shape index (κ3) is 23.2. The van der Waals surface area contributed by atoms with Crippen molar-refractivity contribution in [1.82, 2.24) is 0 Å². The van der Waals surface area contributed by atoms with Gasteiger partial charge < -0.3 is 9.47 Å². The van der Waals surface area contributed by atoms with Gasteiger partial charge in [0.1, 0.15) is 0 Å².